The summed E-state index contributed by atoms with van der Waals surface area (Å²) >= 11 is 18.6. The molecule has 0 unspecified atom stereocenters. The molecule has 0 radical (unpaired) electrons. The zero-order chi connectivity index (χ0) is 23.0. The average molecular weight is 491 g/mol. The second kappa shape index (κ2) is 9.20. The summed E-state index contributed by atoms with van der Waals surface area (Å²) in [6, 6.07) is 14.8. The smallest absolute Gasteiger partial charge is 0.266 e. The van der Waals surface area contributed by atoms with Gasteiger partial charge in [-0.25, -0.2) is 9.37 Å². The minimum absolute atomic E-state index is 0.0383. The molecule has 0 aliphatic heterocycles. The number of rotatable bonds is 5. The van der Waals surface area contributed by atoms with Crippen LogP contribution < -0.4 is 10.9 Å². The van der Waals surface area contributed by atoms with Gasteiger partial charge in [0.05, 0.1) is 26.6 Å². The van der Waals surface area contributed by atoms with Crippen LogP contribution in [0.15, 0.2) is 59.4 Å². The van der Waals surface area contributed by atoms with E-state index in [0.29, 0.717) is 39.1 Å². The van der Waals surface area contributed by atoms with Crippen molar-refractivity contribution in [2.75, 3.05) is 0 Å². The molecule has 4 nitrogen and oxygen atoms in total. The van der Waals surface area contributed by atoms with E-state index in [4.69, 9.17) is 39.8 Å². The van der Waals surface area contributed by atoms with Crippen LogP contribution in [0.3, 0.4) is 0 Å². The predicted octanol–water partition coefficient (Wildman–Crippen LogP) is 6.65. The molecule has 8 heteroatoms. The van der Waals surface area contributed by atoms with Gasteiger partial charge in [-0.05, 0) is 54.1 Å². The quantitative estimate of drug-likeness (QED) is 0.341. The highest BCUT2D eigenvalue weighted by Gasteiger charge is 2.18. The van der Waals surface area contributed by atoms with Crippen LogP contribution in [0, 0.1) is 5.82 Å². The Morgan fingerprint density at radius 1 is 1.00 bits per heavy atom. The van der Waals surface area contributed by atoms with Crippen molar-refractivity contribution in [3.8, 4) is 17.1 Å². The van der Waals surface area contributed by atoms with E-state index in [0.717, 1.165) is 5.56 Å². The van der Waals surface area contributed by atoms with Gasteiger partial charge in [0.15, 0.2) is 0 Å². The summed E-state index contributed by atoms with van der Waals surface area (Å²) in [7, 11) is 0. The van der Waals surface area contributed by atoms with E-state index in [2.05, 4.69) is 19.2 Å². The van der Waals surface area contributed by atoms with Gasteiger partial charge >= 0.3 is 0 Å². The Bertz CT molecular complexity index is 1390. The molecule has 1 heterocycles. The minimum Gasteiger partial charge on any atom is -0.310 e. The van der Waals surface area contributed by atoms with Gasteiger partial charge in [-0.2, -0.15) is 0 Å². The van der Waals surface area contributed by atoms with Gasteiger partial charge < -0.3 is 5.32 Å². The molecule has 0 amide bonds. The van der Waals surface area contributed by atoms with E-state index < -0.39 is 5.82 Å². The fourth-order valence-corrected chi connectivity index (χ4v) is 3.86. The topological polar surface area (TPSA) is 46.9 Å². The third kappa shape index (κ3) is 4.52. The van der Waals surface area contributed by atoms with Crippen LogP contribution in [0.4, 0.5) is 4.39 Å². The molecule has 4 rings (SSSR count). The van der Waals surface area contributed by atoms with Crippen molar-refractivity contribution in [3.63, 3.8) is 0 Å². The molecule has 1 N–H and O–H groups in total. The van der Waals surface area contributed by atoms with Gasteiger partial charge in [0, 0.05) is 23.2 Å². The molecule has 1 aromatic heterocycles. The molecular formula is C24H19Cl3FN3O. The van der Waals surface area contributed by atoms with Crippen molar-refractivity contribution in [2.45, 2.75) is 26.4 Å². The summed E-state index contributed by atoms with van der Waals surface area (Å²) in [6.07, 6.45) is 0. The van der Waals surface area contributed by atoms with Crippen molar-refractivity contribution in [1.29, 1.82) is 0 Å². The monoisotopic (exact) mass is 489 g/mol. The van der Waals surface area contributed by atoms with Crippen molar-refractivity contribution in [3.05, 3.63) is 91.4 Å². The maximum absolute atomic E-state index is 14.3. The number of hydrogen-bond acceptors (Lipinski definition) is 3. The van der Waals surface area contributed by atoms with Gasteiger partial charge in [0.2, 0.25) is 0 Å². The molecule has 0 saturated heterocycles. The van der Waals surface area contributed by atoms with Gasteiger partial charge in [-0.3, -0.25) is 9.36 Å². The first-order valence-corrected chi connectivity index (χ1v) is 11.1. The van der Waals surface area contributed by atoms with Crippen LogP contribution in [-0.4, -0.2) is 15.6 Å². The van der Waals surface area contributed by atoms with Crippen molar-refractivity contribution in [1.82, 2.24) is 14.9 Å². The van der Waals surface area contributed by atoms with Crippen LogP contribution in [0.2, 0.25) is 15.1 Å². The number of benzene rings is 3. The number of aromatic nitrogens is 2. The Labute approximate surface area is 199 Å². The largest absolute Gasteiger partial charge is 0.310 e. The number of nitrogens with one attached hydrogen (secondary N) is 1. The lowest BCUT2D eigenvalue weighted by molar-refractivity contribution is 0.589. The van der Waals surface area contributed by atoms with E-state index >= 15 is 0 Å². The molecule has 0 bridgehead atoms. The average Bonchev–Trinajstić information content (AvgIpc) is 2.75. The number of hydrogen-bond donors (Lipinski definition) is 1. The highest BCUT2D eigenvalue weighted by molar-refractivity contribution is 6.33. The predicted molar refractivity (Wildman–Crippen MR) is 130 cm³/mol. The van der Waals surface area contributed by atoms with E-state index in [1.807, 2.05) is 12.1 Å². The summed E-state index contributed by atoms with van der Waals surface area (Å²) in [5.74, 6) is -0.359. The third-order valence-electron chi connectivity index (χ3n) is 4.98. The standard InChI is InChI=1S/C24H19Cl3FN3O/c1-13(2)29-12-14-3-7-19(26)18(9-14)23-30-22-10-15(25)4-6-17(22)24(32)31(23)16-5-8-20(27)21(28)11-16/h3-11,13,29H,12H2,1-2H3. The van der Waals surface area contributed by atoms with Crippen LogP contribution in [-0.2, 0) is 6.54 Å². The molecular weight excluding hydrogens is 472 g/mol. The molecule has 164 valence electrons. The fourth-order valence-electron chi connectivity index (χ4n) is 3.38. The number of halogens is 4. The molecule has 3 aromatic carbocycles. The SMILES string of the molecule is CC(C)NCc1ccc(Cl)c(-c2nc3cc(Cl)ccc3c(=O)n2-c2ccc(Cl)c(F)c2)c1. The molecule has 0 aliphatic carbocycles. The van der Waals surface area contributed by atoms with Gasteiger partial charge in [0.25, 0.3) is 5.56 Å². The third-order valence-corrected chi connectivity index (χ3v) is 5.85. The Balaban J connectivity index is 2.02. The second-order valence-electron chi connectivity index (χ2n) is 7.69. The fraction of sp³-hybridized carbons (Fsp3) is 0.167. The summed E-state index contributed by atoms with van der Waals surface area (Å²) in [5, 5.41) is 4.53. The van der Waals surface area contributed by atoms with Crippen LogP contribution >= 0.6 is 34.8 Å². The zero-order valence-corrected chi connectivity index (χ0v) is 19.6. The van der Waals surface area contributed by atoms with E-state index in [-0.39, 0.29) is 22.1 Å². The highest BCUT2D eigenvalue weighted by Crippen LogP contribution is 2.31. The second-order valence-corrected chi connectivity index (χ2v) is 8.94. The van der Waals surface area contributed by atoms with Gasteiger partial charge in [-0.15, -0.1) is 0 Å². The summed E-state index contributed by atoms with van der Waals surface area (Å²) in [6.45, 7) is 4.72. The first-order chi connectivity index (χ1) is 15.2. The molecule has 4 aromatic rings. The highest BCUT2D eigenvalue weighted by atomic mass is 35.5. The van der Waals surface area contributed by atoms with Crippen molar-refractivity contribution >= 4 is 45.7 Å². The van der Waals surface area contributed by atoms with Crippen LogP contribution in [0.25, 0.3) is 28.0 Å². The minimum atomic E-state index is -0.640. The first kappa shape index (κ1) is 22.7. The number of nitrogens with zero attached hydrogens (tertiary/aromatic N) is 2. The Morgan fingerprint density at radius 2 is 1.75 bits per heavy atom. The van der Waals surface area contributed by atoms with Crippen molar-refractivity contribution in [2.24, 2.45) is 0 Å². The first-order valence-electron chi connectivity index (χ1n) is 9.94. The molecule has 32 heavy (non-hydrogen) atoms. The van der Waals surface area contributed by atoms with Crippen LogP contribution in [0.1, 0.15) is 19.4 Å². The summed E-state index contributed by atoms with van der Waals surface area (Å²) in [4.78, 5) is 18.2. The summed E-state index contributed by atoms with van der Waals surface area (Å²) in [5.41, 5.74) is 1.85. The lowest BCUT2D eigenvalue weighted by atomic mass is 10.1. The van der Waals surface area contributed by atoms with E-state index in [1.54, 1.807) is 30.3 Å². The Morgan fingerprint density at radius 3 is 2.47 bits per heavy atom. The lowest BCUT2D eigenvalue weighted by Crippen LogP contribution is -2.23. The Kier molecular flexibility index (Phi) is 6.54. The van der Waals surface area contributed by atoms with Crippen LogP contribution in [0.5, 0.6) is 0 Å². The molecule has 0 aliphatic rings. The maximum Gasteiger partial charge on any atom is 0.266 e. The lowest BCUT2D eigenvalue weighted by Gasteiger charge is -2.16. The molecule has 0 fully saturated rings. The number of fused-ring (bicyclic) bond motifs is 1. The maximum atomic E-state index is 14.3. The molecule has 0 spiro atoms. The van der Waals surface area contributed by atoms with Gasteiger partial charge in [-0.1, -0.05) is 54.7 Å². The summed E-state index contributed by atoms with van der Waals surface area (Å²) < 4.78 is 15.6. The van der Waals surface area contributed by atoms with E-state index in [9.17, 15) is 9.18 Å². The van der Waals surface area contributed by atoms with E-state index in [1.165, 1.54) is 16.7 Å². The van der Waals surface area contributed by atoms with Gasteiger partial charge in [0.1, 0.15) is 11.6 Å². The molecule has 0 saturated carbocycles. The molecule has 0 atom stereocenters. The normalized spacial score (nSPS) is 11.5. The van der Waals surface area contributed by atoms with Crippen molar-refractivity contribution < 1.29 is 4.39 Å². The Hall–Kier alpha value is -2.44. The zero-order valence-electron chi connectivity index (χ0n) is 17.3.